The molecule has 0 amide bonds. The lowest BCUT2D eigenvalue weighted by Crippen LogP contribution is -2.10. The highest BCUT2D eigenvalue weighted by Crippen LogP contribution is 2.00. The highest BCUT2D eigenvalue weighted by molar-refractivity contribution is 5.87. The van der Waals surface area contributed by atoms with Gasteiger partial charge in [0, 0.05) is 11.5 Å². The first-order valence-corrected chi connectivity index (χ1v) is 4.04. The van der Waals surface area contributed by atoms with Gasteiger partial charge in [0.1, 0.15) is 0 Å². The van der Waals surface area contributed by atoms with Crippen molar-refractivity contribution >= 4 is 5.97 Å². The Morgan fingerprint density at radius 1 is 1.67 bits per heavy atom. The van der Waals surface area contributed by atoms with E-state index in [9.17, 15) is 4.79 Å². The molecule has 0 aliphatic carbocycles. The van der Waals surface area contributed by atoms with E-state index in [1.807, 2.05) is 13.8 Å². The Balaban J connectivity index is 3.79. The van der Waals surface area contributed by atoms with Crippen molar-refractivity contribution in [1.29, 1.82) is 0 Å². The fraction of sp³-hybridized carbons (Fsp3) is 0.500. The van der Waals surface area contributed by atoms with Gasteiger partial charge < -0.3 is 4.74 Å². The van der Waals surface area contributed by atoms with E-state index in [-0.39, 0.29) is 11.9 Å². The van der Waals surface area contributed by atoms with Crippen LogP contribution in [0.5, 0.6) is 0 Å². The number of esters is 1. The summed E-state index contributed by atoms with van der Waals surface area (Å²) in [5.74, 6) is -0.0233. The molecule has 2 heteroatoms. The third kappa shape index (κ3) is 3.96. The fourth-order valence-electron chi connectivity index (χ4n) is 0.507. The molecule has 0 spiro atoms. The van der Waals surface area contributed by atoms with E-state index in [0.717, 1.165) is 0 Å². The zero-order valence-corrected chi connectivity index (χ0v) is 7.96. The minimum atomic E-state index is -0.244. The zero-order chi connectivity index (χ0) is 9.56. The molecule has 0 bridgehead atoms. The summed E-state index contributed by atoms with van der Waals surface area (Å²) in [6, 6.07) is 0. The molecule has 0 heterocycles. The van der Waals surface area contributed by atoms with Crippen molar-refractivity contribution in [2.45, 2.75) is 20.8 Å². The van der Waals surface area contributed by atoms with Crippen LogP contribution in [-0.4, -0.2) is 12.6 Å². The van der Waals surface area contributed by atoms with Gasteiger partial charge in [-0.2, -0.15) is 0 Å². The lowest BCUT2D eigenvalue weighted by molar-refractivity contribution is -0.139. The number of hydrogen-bond donors (Lipinski definition) is 0. The molecule has 68 valence electrons. The molecule has 0 aromatic rings. The van der Waals surface area contributed by atoms with Gasteiger partial charge in [0.2, 0.25) is 0 Å². The van der Waals surface area contributed by atoms with Gasteiger partial charge in [-0.3, -0.25) is 0 Å². The van der Waals surface area contributed by atoms with E-state index in [1.54, 1.807) is 19.1 Å². The van der Waals surface area contributed by atoms with Crippen LogP contribution in [0.1, 0.15) is 20.8 Å². The maximum Gasteiger partial charge on any atom is 0.333 e. The van der Waals surface area contributed by atoms with E-state index in [0.29, 0.717) is 12.2 Å². The molecular formula is C10H16O2. The number of carbonyl (C=O) groups is 1. The van der Waals surface area contributed by atoms with Crippen LogP contribution in [0, 0.1) is 5.92 Å². The van der Waals surface area contributed by atoms with Gasteiger partial charge >= 0.3 is 5.97 Å². The molecule has 0 aliphatic rings. The quantitative estimate of drug-likeness (QED) is 0.366. The molecule has 1 atom stereocenters. The van der Waals surface area contributed by atoms with Crippen LogP contribution in [0.4, 0.5) is 0 Å². The minimum absolute atomic E-state index is 0.221. The Morgan fingerprint density at radius 3 is 2.67 bits per heavy atom. The van der Waals surface area contributed by atoms with Gasteiger partial charge in [-0.05, 0) is 13.8 Å². The van der Waals surface area contributed by atoms with Crippen molar-refractivity contribution in [2.75, 3.05) is 6.61 Å². The van der Waals surface area contributed by atoms with Crippen molar-refractivity contribution in [2.24, 2.45) is 5.92 Å². The molecule has 2 nitrogen and oxygen atoms in total. The molecule has 0 aromatic carbocycles. The van der Waals surface area contributed by atoms with E-state index in [4.69, 9.17) is 4.74 Å². The van der Waals surface area contributed by atoms with E-state index in [1.165, 1.54) is 0 Å². The van der Waals surface area contributed by atoms with Crippen LogP contribution in [0.25, 0.3) is 0 Å². The van der Waals surface area contributed by atoms with Gasteiger partial charge in [0.05, 0.1) is 6.61 Å². The maximum absolute atomic E-state index is 11.1. The van der Waals surface area contributed by atoms with E-state index >= 15 is 0 Å². The molecule has 0 saturated carbocycles. The minimum Gasteiger partial charge on any atom is -0.462 e. The second-order valence-electron chi connectivity index (χ2n) is 2.78. The number of ether oxygens (including phenoxy) is 1. The van der Waals surface area contributed by atoms with Crippen molar-refractivity contribution in [3.05, 3.63) is 24.3 Å². The molecular weight excluding hydrogens is 152 g/mol. The van der Waals surface area contributed by atoms with Crippen LogP contribution in [0.2, 0.25) is 0 Å². The maximum atomic E-state index is 11.1. The van der Waals surface area contributed by atoms with Gasteiger partial charge in [-0.15, -0.1) is 6.58 Å². The first kappa shape index (κ1) is 11.0. The van der Waals surface area contributed by atoms with Gasteiger partial charge in [-0.25, -0.2) is 4.79 Å². The normalized spacial score (nSPS) is 13.8. The number of carbonyl (C=O) groups excluding carboxylic acids is 1. The van der Waals surface area contributed by atoms with Crippen molar-refractivity contribution in [3.8, 4) is 0 Å². The molecule has 0 fully saturated rings. The first-order valence-electron chi connectivity index (χ1n) is 4.04. The Labute approximate surface area is 73.9 Å². The molecule has 0 aromatic heterocycles. The van der Waals surface area contributed by atoms with Gasteiger partial charge in [-0.1, -0.05) is 19.1 Å². The van der Waals surface area contributed by atoms with Crippen LogP contribution in [0.15, 0.2) is 24.3 Å². The molecule has 1 unspecified atom stereocenters. The van der Waals surface area contributed by atoms with Gasteiger partial charge in [0.25, 0.3) is 0 Å². The first-order chi connectivity index (χ1) is 5.61. The van der Waals surface area contributed by atoms with Crippen LogP contribution in [0.3, 0.4) is 0 Å². The van der Waals surface area contributed by atoms with Crippen molar-refractivity contribution < 1.29 is 9.53 Å². The largest absolute Gasteiger partial charge is 0.462 e. The van der Waals surface area contributed by atoms with E-state index < -0.39 is 0 Å². The van der Waals surface area contributed by atoms with E-state index in [2.05, 4.69) is 6.58 Å². The van der Waals surface area contributed by atoms with Crippen LogP contribution < -0.4 is 0 Å². The van der Waals surface area contributed by atoms with Gasteiger partial charge in [0.15, 0.2) is 0 Å². The summed E-state index contributed by atoms with van der Waals surface area (Å²) in [7, 11) is 0. The molecule has 0 rings (SSSR count). The Kier molecular flexibility index (Phi) is 5.09. The molecule has 0 saturated heterocycles. The van der Waals surface area contributed by atoms with Crippen molar-refractivity contribution in [3.63, 3.8) is 0 Å². The predicted molar refractivity (Wildman–Crippen MR) is 49.8 cm³/mol. The Hall–Kier alpha value is -1.05. The second kappa shape index (κ2) is 5.58. The topological polar surface area (TPSA) is 26.3 Å². The Bertz CT molecular complexity index is 192. The van der Waals surface area contributed by atoms with Crippen molar-refractivity contribution in [1.82, 2.24) is 0 Å². The average Bonchev–Trinajstić information content (AvgIpc) is 2.11. The summed E-state index contributed by atoms with van der Waals surface area (Å²) in [5, 5.41) is 0. The SMILES string of the molecule is C=CC(C)COC(=O)/C(C)=C\C. The lowest BCUT2D eigenvalue weighted by atomic mass is 10.2. The standard InChI is InChI=1S/C10H16O2/c1-5-8(3)7-12-10(11)9(4)6-2/h5-6,8H,1,7H2,2-4H3/b9-6-. The second-order valence-corrected chi connectivity index (χ2v) is 2.78. The monoisotopic (exact) mass is 168 g/mol. The third-order valence-corrected chi connectivity index (χ3v) is 1.63. The average molecular weight is 168 g/mol. The fourth-order valence-corrected chi connectivity index (χ4v) is 0.507. The summed E-state index contributed by atoms with van der Waals surface area (Å²) in [4.78, 5) is 11.1. The summed E-state index contributed by atoms with van der Waals surface area (Å²) in [5.41, 5.74) is 0.645. The predicted octanol–water partition coefficient (Wildman–Crippen LogP) is 2.32. The summed E-state index contributed by atoms with van der Waals surface area (Å²) >= 11 is 0. The summed E-state index contributed by atoms with van der Waals surface area (Å²) in [6.45, 7) is 9.51. The lowest BCUT2D eigenvalue weighted by Gasteiger charge is -2.07. The van der Waals surface area contributed by atoms with Crippen LogP contribution >= 0.6 is 0 Å². The third-order valence-electron chi connectivity index (χ3n) is 1.63. The number of rotatable bonds is 4. The highest BCUT2D eigenvalue weighted by Gasteiger charge is 2.05. The number of allylic oxidation sites excluding steroid dienone is 1. The summed E-state index contributed by atoms with van der Waals surface area (Å²) < 4.78 is 4.97. The molecule has 0 aliphatic heterocycles. The Morgan fingerprint density at radius 2 is 2.25 bits per heavy atom. The summed E-state index contributed by atoms with van der Waals surface area (Å²) in [6.07, 6.45) is 3.50. The smallest absolute Gasteiger partial charge is 0.333 e. The highest BCUT2D eigenvalue weighted by atomic mass is 16.5. The molecule has 12 heavy (non-hydrogen) atoms. The van der Waals surface area contributed by atoms with Crippen LogP contribution in [-0.2, 0) is 9.53 Å². The molecule has 0 N–H and O–H groups in total. The number of hydrogen-bond acceptors (Lipinski definition) is 2. The zero-order valence-electron chi connectivity index (χ0n) is 7.96. The molecule has 0 radical (unpaired) electrons.